The number of carbonyl (C=O) groups excluding carboxylic acids is 1. The molecular weight excluding hydrogens is 587 g/mol. The Hall–Kier alpha value is -2.86. The fourth-order valence-electron chi connectivity index (χ4n) is 4.03. The average molecular weight is 626 g/mol. The third kappa shape index (κ3) is 10.8. The van der Waals surface area contributed by atoms with Crippen LogP contribution in [0.3, 0.4) is 0 Å². The van der Waals surface area contributed by atoms with E-state index in [9.17, 15) is 13.2 Å². The second kappa shape index (κ2) is 16.5. The highest BCUT2D eigenvalue weighted by Gasteiger charge is 2.19. The molecule has 1 aliphatic rings. The van der Waals surface area contributed by atoms with Gasteiger partial charge in [0.25, 0.3) is 0 Å². The zero-order chi connectivity index (χ0) is 30.6. The summed E-state index contributed by atoms with van der Waals surface area (Å²) in [5, 5.41) is 9.10. The highest BCUT2D eigenvalue weighted by molar-refractivity contribution is 7.90. The Labute approximate surface area is 253 Å². The van der Waals surface area contributed by atoms with Crippen LogP contribution in [0.5, 0.6) is 0 Å². The number of rotatable bonds is 12. The van der Waals surface area contributed by atoms with Crippen LogP contribution < -0.4 is 16.0 Å². The lowest BCUT2D eigenvalue weighted by atomic mass is 10.1. The van der Waals surface area contributed by atoms with Crippen LogP contribution in [0.15, 0.2) is 82.9 Å². The summed E-state index contributed by atoms with van der Waals surface area (Å²) in [6.07, 6.45) is 1.77. The quantitative estimate of drug-likeness (QED) is 0.274. The zero-order valence-corrected chi connectivity index (χ0v) is 26.1. The molecule has 0 bridgehead atoms. The Morgan fingerprint density at radius 1 is 1.15 bits per heavy atom. The van der Waals surface area contributed by atoms with Crippen LogP contribution in [0.4, 0.5) is 10.5 Å². The summed E-state index contributed by atoms with van der Waals surface area (Å²) in [7, 11) is 1.36. The molecular formula is C29H38Cl2N4O5S. The van der Waals surface area contributed by atoms with Crippen LogP contribution in [0.1, 0.15) is 23.6 Å². The van der Waals surface area contributed by atoms with Crippen LogP contribution in [0.2, 0.25) is 0 Å². The topological polar surface area (TPSA) is 109 Å². The maximum absolute atomic E-state index is 13.0. The standard InChI is InChI=1S/C28H35ClN4O4S.CH3ClO/c1-19(33(4)12-13-37-5)14-27(20(2)29)21(3)31-28(34)32-25-8-10-26(11-9-25)38(35,36)18-22-6-7-23-16-30-17-24(23)15-22;1-3-2/h6-11,14-15,21,30H,1-2,12-13,16-18H2,3-5H3,(H2,31,32,34);1H3/b27-14+;. The fraction of sp³-hybridized carbons (Fsp3) is 0.345. The van der Waals surface area contributed by atoms with Crippen molar-refractivity contribution < 1.29 is 22.2 Å². The second-order valence-electron chi connectivity index (χ2n) is 9.37. The lowest BCUT2D eigenvalue weighted by Gasteiger charge is -2.22. The van der Waals surface area contributed by atoms with E-state index < -0.39 is 21.9 Å². The molecule has 1 atom stereocenters. The van der Waals surface area contributed by atoms with Crippen molar-refractivity contribution in [3.8, 4) is 0 Å². The van der Waals surface area contributed by atoms with Crippen molar-refractivity contribution in [3.63, 3.8) is 0 Å². The van der Waals surface area contributed by atoms with E-state index in [-0.39, 0.29) is 15.7 Å². The summed E-state index contributed by atoms with van der Waals surface area (Å²) in [5.74, 6) is -0.0889. The van der Waals surface area contributed by atoms with Gasteiger partial charge in [-0.15, -0.1) is 0 Å². The predicted molar refractivity (Wildman–Crippen MR) is 166 cm³/mol. The number of hydrogen-bond acceptors (Lipinski definition) is 7. The van der Waals surface area contributed by atoms with Gasteiger partial charge in [-0.05, 0) is 59.5 Å². The number of allylic oxidation sites excluding steroid dienone is 1. The van der Waals surface area contributed by atoms with Crippen molar-refractivity contribution in [3.05, 3.63) is 94.7 Å². The van der Waals surface area contributed by atoms with Crippen molar-refractivity contribution in [2.45, 2.75) is 36.7 Å². The van der Waals surface area contributed by atoms with Crippen molar-refractivity contribution >= 4 is 45.0 Å². The number of sulfone groups is 1. The highest BCUT2D eigenvalue weighted by Crippen LogP contribution is 2.23. The Bertz CT molecular complexity index is 1350. The first-order chi connectivity index (χ1) is 19.4. The molecule has 2 amide bonds. The van der Waals surface area contributed by atoms with Crippen LogP contribution in [0.25, 0.3) is 0 Å². The van der Waals surface area contributed by atoms with Gasteiger partial charge in [0.15, 0.2) is 9.84 Å². The monoisotopic (exact) mass is 624 g/mol. The molecule has 0 fully saturated rings. The summed E-state index contributed by atoms with van der Waals surface area (Å²) < 4.78 is 34.7. The lowest BCUT2D eigenvalue weighted by molar-refractivity contribution is 0.175. The number of methoxy groups -OCH3 is 1. The first-order valence-corrected chi connectivity index (χ1v) is 15.1. The zero-order valence-electron chi connectivity index (χ0n) is 23.8. The van der Waals surface area contributed by atoms with E-state index in [0.29, 0.717) is 30.1 Å². The Kier molecular flexibility index (Phi) is 13.9. The second-order valence-corrected chi connectivity index (χ2v) is 12.1. The normalized spacial score (nSPS) is 13.4. The lowest BCUT2D eigenvalue weighted by Crippen LogP contribution is -2.37. The van der Waals surface area contributed by atoms with Crippen molar-refractivity contribution in [2.75, 3.05) is 39.7 Å². The van der Waals surface area contributed by atoms with Gasteiger partial charge >= 0.3 is 6.03 Å². The largest absolute Gasteiger partial charge is 0.383 e. The molecule has 1 unspecified atom stereocenters. The molecule has 1 heterocycles. The van der Waals surface area contributed by atoms with Gasteiger partial charge in [-0.3, -0.25) is 4.29 Å². The minimum atomic E-state index is -3.54. The van der Waals surface area contributed by atoms with E-state index >= 15 is 0 Å². The molecule has 3 rings (SSSR count). The third-order valence-corrected chi connectivity index (χ3v) is 8.22. The summed E-state index contributed by atoms with van der Waals surface area (Å²) in [6.45, 7) is 12.4. The number of nitrogens with zero attached hydrogens (tertiary/aromatic N) is 1. The molecule has 0 spiro atoms. The number of urea groups is 1. The molecule has 2 aromatic carbocycles. The molecule has 0 aromatic heterocycles. The number of hydrogen-bond donors (Lipinski definition) is 3. The molecule has 224 valence electrons. The number of carbonyl (C=O) groups is 1. The summed E-state index contributed by atoms with van der Waals surface area (Å²) >= 11 is 10.7. The number of anilines is 1. The number of likely N-dealkylation sites (N-methyl/N-ethyl adjacent to an activating group) is 1. The minimum absolute atomic E-state index is 0.0889. The van der Waals surface area contributed by atoms with Gasteiger partial charge in [0.1, 0.15) is 0 Å². The smallest absolute Gasteiger partial charge is 0.319 e. The first kappa shape index (κ1) is 34.3. The molecule has 1 aliphatic heterocycles. The van der Waals surface area contributed by atoms with Gasteiger partial charge in [-0.2, -0.15) is 0 Å². The van der Waals surface area contributed by atoms with E-state index in [2.05, 4.69) is 45.3 Å². The third-order valence-electron chi connectivity index (χ3n) is 6.30. The number of ether oxygens (including phenoxy) is 1. The van der Waals surface area contributed by atoms with Gasteiger partial charge in [0.2, 0.25) is 0 Å². The van der Waals surface area contributed by atoms with E-state index in [1.807, 2.05) is 30.1 Å². The molecule has 41 heavy (non-hydrogen) atoms. The van der Waals surface area contributed by atoms with Crippen molar-refractivity contribution in [2.24, 2.45) is 0 Å². The van der Waals surface area contributed by atoms with E-state index in [1.54, 1.807) is 32.2 Å². The van der Waals surface area contributed by atoms with Crippen molar-refractivity contribution in [1.29, 1.82) is 0 Å². The molecule has 2 aromatic rings. The maximum Gasteiger partial charge on any atom is 0.319 e. The number of benzene rings is 2. The maximum atomic E-state index is 13.0. The molecule has 0 saturated carbocycles. The summed E-state index contributed by atoms with van der Waals surface area (Å²) in [6, 6.07) is 11.0. The van der Waals surface area contributed by atoms with Gasteiger partial charge < -0.3 is 25.6 Å². The molecule has 0 radical (unpaired) electrons. The minimum Gasteiger partial charge on any atom is -0.383 e. The number of fused-ring (bicyclic) bond motifs is 1. The Morgan fingerprint density at radius 2 is 1.78 bits per heavy atom. The Morgan fingerprint density at radius 3 is 2.39 bits per heavy atom. The molecule has 3 N–H and O–H groups in total. The average Bonchev–Trinajstić information content (AvgIpc) is 3.38. The van der Waals surface area contributed by atoms with Crippen molar-refractivity contribution in [1.82, 2.24) is 15.5 Å². The highest BCUT2D eigenvalue weighted by atomic mass is 35.5. The SMILES string of the molecule is C=C(Cl)/C(=C\C(=C)N(C)CCOC)C(C)NC(=O)Nc1ccc(S(=O)(=O)Cc2ccc3c(c2)CNC3)cc1.COCl. The van der Waals surface area contributed by atoms with Crippen LogP contribution in [0, 0.1) is 0 Å². The van der Waals surface area contributed by atoms with Crippen LogP contribution in [-0.2, 0) is 37.7 Å². The first-order valence-electron chi connectivity index (χ1n) is 12.7. The van der Waals surface area contributed by atoms with Gasteiger partial charge in [-0.25, -0.2) is 13.2 Å². The predicted octanol–water partition coefficient (Wildman–Crippen LogP) is 5.33. The van der Waals surface area contributed by atoms with Gasteiger partial charge in [0.05, 0.1) is 42.3 Å². The van der Waals surface area contributed by atoms with E-state index in [4.69, 9.17) is 16.3 Å². The molecule has 12 heteroatoms. The fourth-order valence-corrected chi connectivity index (χ4v) is 5.58. The van der Waals surface area contributed by atoms with Crippen LogP contribution >= 0.6 is 23.5 Å². The van der Waals surface area contributed by atoms with E-state index in [0.717, 1.165) is 24.2 Å². The van der Waals surface area contributed by atoms with Crippen LogP contribution in [-0.4, -0.2) is 59.8 Å². The van der Waals surface area contributed by atoms with Gasteiger partial charge in [0, 0.05) is 50.2 Å². The molecule has 9 nitrogen and oxygen atoms in total. The Balaban J connectivity index is 0.00000187. The molecule has 0 saturated heterocycles. The van der Waals surface area contributed by atoms with E-state index in [1.165, 1.54) is 24.8 Å². The number of halogens is 2. The molecule has 0 aliphatic carbocycles. The number of amides is 2. The van der Waals surface area contributed by atoms with Gasteiger partial charge in [-0.1, -0.05) is 43.0 Å². The summed E-state index contributed by atoms with van der Waals surface area (Å²) in [5.41, 5.74) is 4.85. The number of nitrogens with one attached hydrogen (secondary N) is 3. The summed E-state index contributed by atoms with van der Waals surface area (Å²) in [4.78, 5) is 14.7.